The van der Waals surface area contributed by atoms with E-state index in [-0.39, 0.29) is 0 Å². The molecule has 2 heterocycles. The van der Waals surface area contributed by atoms with Gasteiger partial charge in [0.25, 0.3) is 0 Å². The van der Waals surface area contributed by atoms with Gasteiger partial charge < -0.3 is 15.1 Å². The van der Waals surface area contributed by atoms with E-state index in [1.54, 1.807) is 0 Å². The van der Waals surface area contributed by atoms with E-state index in [9.17, 15) is 0 Å². The zero-order chi connectivity index (χ0) is 14.2. The Labute approximate surface area is 124 Å². The minimum atomic E-state index is 0.691. The highest BCUT2D eigenvalue weighted by Crippen LogP contribution is 2.30. The average molecular weight is 286 g/mol. The fourth-order valence-electron chi connectivity index (χ4n) is 3.07. The number of benzene rings is 1. The summed E-state index contributed by atoms with van der Waals surface area (Å²) in [7, 11) is 0. The van der Waals surface area contributed by atoms with Gasteiger partial charge in [-0.1, -0.05) is 6.07 Å². The number of nitrogens with zero attached hydrogens (tertiary/aromatic N) is 3. The van der Waals surface area contributed by atoms with Crippen molar-refractivity contribution in [3.05, 3.63) is 24.1 Å². The molecule has 0 unspecified atom stereocenters. The van der Waals surface area contributed by atoms with Crippen molar-refractivity contribution in [1.29, 1.82) is 0 Å². The van der Waals surface area contributed by atoms with E-state index in [1.165, 1.54) is 32.5 Å². The Kier molecular flexibility index (Phi) is 3.31. The van der Waals surface area contributed by atoms with Gasteiger partial charge in [-0.2, -0.15) is 0 Å². The highest BCUT2D eigenvalue weighted by molar-refractivity contribution is 5.85. The molecule has 1 aliphatic heterocycles. The fraction of sp³-hybridized carbons (Fsp3) is 0.562. The van der Waals surface area contributed by atoms with E-state index in [4.69, 9.17) is 10.2 Å². The van der Waals surface area contributed by atoms with E-state index in [1.807, 2.05) is 18.2 Å². The Bertz CT molecular complexity index is 626. The van der Waals surface area contributed by atoms with Crippen molar-refractivity contribution < 1.29 is 4.42 Å². The van der Waals surface area contributed by atoms with Crippen LogP contribution in [0.15, 0.2) is 22.6 Å². The third kappa shape index (κ3) is 2.89. The lowest BCUT2D eigenvalue weighted by Crippen LogP contribution is -2.46. The molecule has 0 spiro atoms. The minimum absolute atomic E-state index is 0.691. The van der Waals surface area contributed by atoms with Crippen LogP contribution in [0.2, 0.25) is 0 Å². The molecule has 1 aliphatic carbocycles. The number of nitrogen functional groups attached to an aromatic ring is 1. The van der Waals surface area contributed by atoms with Gasteiger partial charge >= 0.3 is 0 Å². The van der Waals surface area contributed by atoms with Crippen LogP contribution in [0.25, 0.3) is 11.1 Å². The van der Waals surface area contributed by atoms with Crippen LogP contribution in [0.1, 0.15) is 18.7 Å². The predicted octanol–water partition coefficient (Wildman–Crippen LogP) is 1.94. The summed E-state index contributed by atoms with van der Waals surface area (Å²) in [5.74, 6) is 1.76. The van der Waals surface area contributed by atoms with Gasteiger partial charge in [-0.05, 0) is 30.9 Å². The van der Waals surface area contributed by atoms with Gasteiger partial charge in [0, 0.05) is 32.7 Å². The van der Waals surface area contributed by atoms with Crippen LogP contribution < -0.4 is 5.73 Å². The zero-order valence-electron chi connectivity index (χ0n) is 12.3. The quantitative estimate of drug-likeness (QED) is 0.870. The van der Waals surface area contributed by atoms with Crippen molar-refractivity contribution in [2.45, 2.75) is 19.4 Å². The second kappa shape index (κ2) is 5.31. The highest BCUT2D eigenvalue weighted by atomic mass is 16.3. The SMILES string of the molecule is Nc1cccc2oc(CN3CCN(CC4CC4)CC3)nc12. The Morgan fingerprint density at radius 2 is 1.90 bits per heavy atom. The highest BCUT2D eigenvalue weighted by Gasteiger charge is 2.26. The van der Waals surface area contributed by atoms with E-state index < -0.39 is 0 Å². The number of anilines is 1. The summed E-state index contributed by atoms with van der Waals surface area (Å²) in [5.41, 5.74) is 8.20. The third-order valence-corrected chi connectivity index (χ3v) is 4.53. The number of para-hydroxylation sites is 1. The molecule has 5 heteroatoms. The maximum Gasteiger partial charge on any atom is 0.209 e. The number of fused-ring (bicyclic) bond motifs is 1. The number of nitrogens with two attached hydrogens (primary N) is 1. The Morgan fingerprint density at radius 1 is 1.14 bits per heavy atom. The zero-order valence-corrected chi connectivity index (χ0v) is 12.3. The van der Waals surface area contributed by atoms with Crippen LogP contribution in [0, 0.1) is 5.92 Å². The Morgan fingerprint density at radius 3 is 2.62 bits per heavy atom. The summed E-state index contributed by atoms with van der Waals surface area (Å²) < 4.78 is 5.81. The molecule has 1 aromatic heterocycles. The molecule has 4 rings (SSSR count). The summed E-state index contributed by atoms with van der Waals surface area (Å²) in [6.07, 6.45) is 2.87. The van der Waals surface area contributed by atoms with Crippen LogP contribution in [0.4, 0.5) is 5.69 Å². The molecular weight excluding hydrogens is 264 g/mol. The monoisotopic (exact) mass is 286 g/mol. The molecule has 2 aromatic rings. The molecule has 1 aromatic carbocycles. The molecule has 0 radical (unpaired) electrons. The molecule has 2 aliphatic rings. The van der Waals surface area contributed by atoms with Crippen LogP contribution >= 0.6 is 0 Å². The number of hydrogen-bond donors (Lipinski definition) is 1. The number of rotatable bonds is 4. The van der Waals surface area contributed by atoms with Crippen LogP contribution in [-0.2, 0) is 6.54 Å². The molecule has 0 atom stereocenters. The Balaban J connectivity index is 1.38. The summed E-state index contributed by atoms with van der Waals surface area (Å²) in [6, 6.07) is 5.70. The van der Waals surface area contributed by atoms with Gasteiger partial charge in [-0.3, -0.25) is 4.90 Å². The van der Waals surface area contributed by atoms with Gasteiger partial charge in [-0.25, -0.2) is 4.98 Å². The molecule has 2 fully saturated rings. The van der Waals surface area contributed by atoms with E-state index >= 15 is 0 Å². The maximum absolute atomic E-state index is 5.93. The van der Waals surface area contributed by atoms with Crippen molar-refractivity contribution in [2.75, 3.05) is 38.5 Å². The lowest BCUT2D eigenvalue weighted by atomic mass is 10.3. The number of aromatic nitrogens is 1. The topological polar surface area (TPSA) is 58.5 Å². The minimum Gasteiger partial charge on any atom is -0.439 e. The van der Waals surface area contributed by atoms with Crippen LogP contribution in [0.5, 0.6) is 0 Å². The van der Waals surface area contributed by atoms with Gasteiger partial charge in [-0.15, -0.1) is 0 Å². The molecule has 0 amide bonds. The summed E-state index contributed by atoms with van der Waals surface area (Å²) in [4.78, 5) is 9.55. The maximum atomic E-state index is 5.93. The number of oxazole rings is 1. The first kappa shape index (κ1) is 13.1. The van der Waals surface area contributed by atoms with Gasteiger partial charge in [0.05, 0.1) is 12.2 Å². The molecule has 2 N–H and O–H groups in total. The first-order valence-corrected chi connectivity index (χ1v) is 7.86. The lowest BCUT2D eigenvalue weighted by Gasteiger charge is -2.34. The molecule has 112 valence electrons. The normalized spacial score (nSPS) is 21.1. The standard InChI is InChI=1S/C16H22N4O/c17-13-2-1-3-14-16(13)18-15(21-14)11-20-8-6-19(7-9-20)10-12-4-5-12/h1-3,12H,4-11,17H2. The van der Waals surface area contributed by atoms with Crippen LogP contribution in [-0.4, -0.2) is 47.5 Å². The predicted molar refractivity (Wildman–Crippen MR) is 82.9 cm³/mol. The lowest BCUT2D eigenvalue weighted by molar-refractivity contribution is 0.116. The summed E-state index contributed by atoms with van der Waals surface area (Å²) in [6.45, 7) is 6.61. The van der Waals surface area contributed by atoms with E-state index in [0.29, 0.717) is 5.69 Å². The smallest absolute Gasteiger partial charge is 0.209 e. The largest absolute Gasteiger partial charge is 0.439 e. The molecular formula is C16H22N4O. The van der Waals surface area contributed by atoms with Gasteiger partial charge in [0.1, 0.15) is 5.52 Å². The first-order chi connectivity index (χ1) is 10.3. The molecule has 1 saturated heterocycles. The van der Waals surface area contributed by atoms with Crippen molar-refractivity contribution in [3.8, 4) is 0 Å². The van der Waals surface area contributed by atoms with E-state index in [0.717, 1.165) is 42.5 Å². The van der Waals surface area contributed by atoms with Crippen molar-refractivity contribution in [3.63, 3.8) is 0 Å². The number of hydrogen-bond acceptors (Lipinski definition) is 5. The van der Waals surface area contributed by atoms with Crippen molar-refractivity contribution in [2.24, 2.45) is 5.92 Å². The van der Waals surface area contributed by atoms with E-state index in [2.05, 4.69) is 14.8 Å². The van der Waals surface area contributed by atoms with Crippen molar-refractivity contribution in [1.82, 2.24) is 14.8 Å². The molecule has 21 heavy (non-hydrogen) atoms. The fourth-order valence-corrected chi connectivity index (χ4v) is 3.07. The summed E-state index contributed by atoms with van der Waals surface area (Å²) >= 11 is 0. The number of piperazine rings is 1. The second-order valence-electron chi connectivity index (χ2n) is 6.32. The first-order valence-electron chi connectivity index (χ1n) is 7.86. The summed E-state index contributed by atoms with van der Waals surface area (Å²) in [5, 5.41) is 0. The van der Waals surface area contributed by atoms with Crippen LogP contribution in [0.3, 0.4) is 0 Å². The molecule has 0 bridgehead atoms. The average Bonchev–Trinajstić information content (AvgIpc) is 3.19. The van der Waals surface area contributed by atoms with Crippen molar-refractivity contribution >= 4 is 16.8 Å². The third-order valence-electron chi connectivity index (χ3n) is 4.53. The second-order valence-corrected chi connectivity index (χ2v) is 6.32. The van der Waals surface area contributed by atoms with Gasteiger partial charge in [0.2, 0.25) is 5.89 Å². The molecule has 1 saturated carbocycles. The Hall–Kier alpha value is -1.59. The van der Waals surface area contributed by atoms with Gasteiger partial charge in [0.15, 0.2) is 5.58 Å². The molecule has 5 nitrogen and oxygen atoms in total.